The highest BCUT2D eigenvalue weighted by atomic mass is 16.5. The molecule has 0 atom stereocenters. The molecule has 0 saturated heterocycles. The Labute approximate surface area is 244 Å². The second kappa shape index (κ2) is 12.1. The first-order chi connectivity index (χ1) is 20.7. The molecule has 0 aliphatic carbocycles. The molecule has 0 fully saturated rings. The molecule has 0 aliphatic rings. The normalized spacial score (nSPS) is 11.0. The summed E-state index contributed by atoms with van der Waals surface area (Å²) in [5, 5.41) is 0.991. The molecule has 0 saturated carbocycles. The van der Waals surface area contributed by atoms with E-state index in [0.717, 1.165) is 16.7 Å². The van der Waals surface area contributed by atoms with Crippen LogP contribution < -0.4 is 24.4 Å². The van der Waals surface area contributed by atoms with E-state index in [9.17, 15) is 4.79 Å². The number of fused-ring (bicyclic) bond motifs is 2. The number of methoxy groups -OCH3 is 2. The van der Waals surface area contributed by atoms with Crippen LogP contribution in [0.1, 0.15) is 16.7 Å². The summed E-state index contributed by atoms with van der Waals surface area (Å²) in [5.41, 5.74) is 4.27. The van der Waals surface area contributed by atoms with Crippen molar-refractivity contribution in [1.29, 1.82) is 0 Å². The first kappa shape index (κ1) is 27.0. The highest BCUT2D eigenvalue weighted by Gasteiger charge is 2.22. The van der Waals surface area contributed by atoms with Crippen LogP contribution >= 0.6 is 0 Å². The molecule has 6 aromatic rings. The van der Waals surface area contributed by atoms with E-state index in [-0.39, 0.29) is 5.43 Å². The van der Waals surface area contributed by atoms with E-state index in [0.29, 0.717) is 64.6 Å². The van der Waals surface area contributed by atoms with Gasteiger partial charge in [0.05, 0.1) is 36.0 Å². The first-order valence-electron chi connectivity index (χ1n) is 13.8. The summed E-state index contributed by atoms with van der Waals surface area (Å²) < 4.78 is 26.4. The predicted molar refractivity (Wildman–Crippen MR) is 166 cm³/mol. The van der Waals surface area contributed by atoms with E-state index < -0.39 is 0 Å². The van der Waals surface area contributed by atoms with Crippen molar-refractivity contribution in [3.8, 4) is 23.0 Å². The van der Waals surface area contributed by atoms with Crippen molar-refractivity contribution in [1.82, 2.24) is 4.57 Å². The average molecular weight is 558 g/mol. The Kier molecular flexibility index (Phi) is 7.77. The largest absolute Gasteiger partial charge is 0.497 e. The van der Waals surface area contributed by atoms with Crippen molar-refractivity contribution in [3.63, 3.8) is 0 Å². The van der Waals surface area contributed by atoms with Crippen LogP contribution in [0.5, 0.6) is 23.0 Å². The zero-order valence-electron chi connectivity index (χ0n) is 23.6. The van der Waals surface area contributed by atoms with Crippen LogP contribution in [-0.2, 0) is 19.8 Å². The third kappa shape index (κ3) is 5.39. The first-order valence-corrected chi connectivity index (χ1v) is 13.8. The molecule has 5 aromatic carbocycles. The fraction of sp³-hybridized carbons (Fsp3) is 0.139. The lowest BCUT2D eigenvalue weighted by Gasteiger charge is -2.22. The van der Waals surface area contributed by atoms with E-state index in [1.165, 1.54) is 0 Å². The van der Waals surface area contributed by atoms with E-state index in [1.54, 1.807) is 20.3 Å². The van der Waals surface area contributed by atoms with Crippen LogP contribution in [0.4, 0.5) is 0 Å². The van der Waals surface area contributed by atoms with Gasteiger partial charge in [0.2, 0.25) is 5.43 Å². The van der Waals surface area contributed by atoms with Gasteiger partial charge >= 0.3 is 0 Å². The highest BCUT2D eigenvalue weighted by molar-refractivity contribution is 6.00. The molecule has 1 aromatic heterocycles. The van der Waals surface area contributed by atoms with Gasteiger partial charge in [-0.1, -0.05) is 91.0 Å². The number of hydrogen-bond donors (Lipinski definition) is 0. The van der Waals surface area contributed by atoms with Gasteiger partial charge in [-0.15, -0.1) is 0 Å². The molecule has 0 aliphatic heterocycles. The minimum Gasteiger partial charge on any atom is -0.497 e. The number of pyridine rings is 1. The van der Waals surface area contributed by atoms with E-state index in [4.69, 9.17) is 18.9 Å². The summed E-state index contributed by atoms with van der Waals surface area (Å²) in [7, 11) is 3.17. The molecule has 0 unspecified atom stereocenters. The Balaban J connectivity index is 1.63. The maximum Gasteiger partial charge on any atom is 0.201 e. The fourth-order valence-electron chi connectivity index (χ4n) is 5.20. The average Bonchev–Trinajstić information content (AvgIpc) is 3.05. The topological polar surface area (TPSA) is 58.9 Å². The van der Waals surface area contributed by atoms with Crippen molar-refractivity contribution in [2.45, 2.75) is 19.8 Å². The standard InChI is InChI=1S/C36H31NO5/c1-39-28-20-30-33(32(21-28)40-2)35(38)29-18-19-31(41-23-26-14-8-4-9-15-26)36(42-24-27-16-10-5-11-17-27)34(29)37(30)22-25-12-6-3-7-13-25/h3-21H,22-24H2,1-2H3. The van der Waals surface area contributed by atoms with Gasteiger partial charge in [-0.3, -0.25) is 4.79 Å². The molecule has 0 bridgehead atoms. The number of aromatic nitrogens is 1. The lowest BCUT2D eigenvalue weighted by Crippen LogP contribution is -2.15. The number of rotatable bonds is 10. The number of benzene rings is 5. The summed E-state index contributed by atoms with van der Waals surface area (Å²) in [5.74, 6) is 2.10. The fourth-order valence-corrected chi connectivity index (χ4v) is 5.20. The van der Waals surface area contributed by atoms with Gasteiger partial charge in [0.25, 0.3) is 0 Å². The predicted octanol–water partition coefficient (Wildman–Crippen LogP) is 7.38. The van der Waals surface area contributed by atoms with Crippen molar-refractivity contribution < 1.29 is 18.9 Å². The molecule has 0 N–H and O–H groups in total. The van der Waals surface area contributed by atoms with Gasteiger partial charge < -0.3 is 23.5 Å². The lowest BCUT2D eigenvalue weighted by atomic mass is 10.1. The third-order valence-corrected chi connectivity index (χ3v) is 7.28. The summed E-state index contributed by atoms with van der Waals surface area (Å²) in [6.07, 6.45) is 0. The Morgan fingerprint density at radius 1 is 0.619 bits per heavy atom. The lowest BCUT2D eigenvalue weighted by molar-refractivity contribution is 0.258. The smallest absolute Gasteiger partial charge is 0.201 e. The second-order valence-electron chi connectivity index (χ2n) is 9.96. The number of ether oxygens (including phenoxy) is 4. The molecule has 42 heavy (non-hydrogen) atoms. The minimum atomic E-state index is -0.150. The van der Waals surface area contributed by atoms with E-state index in [2.05, 4.69) is 16.7 Å². The van der Waals surface area contributed by atoms with Gasteiger partial charge in [0.1, 0.15) is 24.7 Å². The van der Waals surface area contributed by atoms with Gasteiger partial charge in [0, 0.05) is 18.7 Å². The quantitative estimate of drug-likeness (QED) is 0.165. The van der Waals surface area contributed by atoms with Gasteiger partial charge in [0.15, 0.2) is 11.5 Å². The van der Waals surface area contributed by atoms with Crippen LogP contribution in [0.3, 0.4) is 0 Å². The summed E-state index contributed by atoms with van der Waals surface area (Å²) >= 11 is 0. The SMILES string of the molecule is COc1cc(OC)c2c(=O)c3ccc(OCc4ccccc4)c(OCc4ccccc4)c3n(Cc3ccccc3)c2c1. The van der Waals surface area contributed by atoms with Crippen molar-refractivity contribution >= 4 is 21.8 Å². The molecular weight excluding hydrogens is 526 g/mol. The van der Waals surface area contributed by atoms with Gasteiger partial charge in [-0.25, -0.2) is 0 Å². The second-order valence-corrected chi connectivity index (χ2v) is 9.96. The van der Waals surface area contributed by atoms with Crippen molar-refractivity contribution in [2.75, 3.05) is 14.2 Å². The molecule has 6 nitrogen and oxygen atoms in total. The van der Waals surface area contributed by atoms with Crippen molar-refractivity contribution in [2.24, 2.45) is 0 Å². The molecule has 1 heterocycles. The summed E-state index contributed by atoms with van der Waals surface area (Å²) in [4.78, 5) is 14.2. The molecule has 6 heteroatoms. The van der Waals surface area contributed by atoms with Crippen LogP contribution in [0.15, 0.2) is 120 Å². The van der Waals surface area contributed by atoms with Crippen molar-refractivity contribution in [3.05, 3.63) is 142 Å². The zero-order chi connectivity index (χ0) is 28.9. The third-order valence-electron chi connectivity index (χ3n) is 7.28. The maximum absolute atomic E-state index is 14.2. The summed E-state index contributed by atoms with van der Waals surface area (Å²) in [6, 6.07) is 37.3. The molecular formula is C36H31NO5. The summed E-state index contributed by atoms with van der Waals surface area (Å²) in [6.45, 7) is 1.14. The highest BCUT2D eigenvalue weighted by Crippen LogP contribution is 2.40. The van der Waals surface area contributed by atoms with E-state index >= 15 is 0 Å². The monoisotopic (exact) mass is 557 g/mol. The molecule has 0 spiro atoms. The Hall–Kier alpha value is -5.23. The number of nitrogens with zero attached hydrogens (tertiary/aromatic N) is 1. The molecule has 0 radical (unpaired) electrons. The van der Waals surface area contributed by atoms with Crippen LogP contribution in [0.25, 0.3) is 21.8 Å². The molecule has 0 amide bonds. The Morgan fingerprint density at radius 2 is 1.21 bits per heavy atom. The van der Waals surface area contributed by atoms with Crippen LogP contribution in [-0.4, -0.2) is 18.8 Å². The molecule has 210 valence electrons. The maximum atomic E-state index is 14.2. The van der Waals surface area contributed by atoms with Gasteiger partial charge in [-0.05, 0) is 28.8 Å². The Morgan fingerprint density at radius 3 is 1.81 bits per heavy atom. The zero-order valence-corrected chi connectivity index (χ0v) is 23.6. The minimum absolute atomic E-state index is 0.150. The van der Waals surface area contributed by atoms with E-state index in [1.807, 2.05) is 97.1 Å². The van der Waals surface area contributed by atoms with Crippen LogP contribution in [0.2, 0.25) is 0 Å². The van der Waals surface area contributed by atoms with Gasteiger partial charge in [-0.2, -0.15) is 0 Å². The van der Waals surface area contributed by atoms with Crippen LogP contribution in [0, 0.1) is 0 Å². The molecule has 6 rings (SSSR count). The Bertz CT molecular complexity index is 1880. The number of hydrogen-bond acceptors (Lipinski definition) is 5.